The third kappa shape index (κ3) is 3.84. The summed E-state index contributed by atoms with van der Waals surface area (Å²) < 4.78 is 0. The maximum Gasteiger partial charge on any atom is 0.107 e. The highest BCUT2D eigenvalue weighted by Gasteiger charge is 2.01. The van der Waals surface area contributed by atoms with Crippen LogP contribution in [0.1, 0.15) is 32.5 Å². The summed E-state index contributed by atoms with van der Waals surface area (Å²) in [5.41, 5.74) is 2.21. The Morgan fingerprint density at radius 3 is 2.83 bits per heavy atom. The number of para-hydroxylation sites is 2. The molecule has 0 aliphatic heterocycles. The van der Waals surface area contributed by atoms with E-state index in [2.05, 4.69) is 41.3 Å². The number of hydrogen-bond donors (Lipinski definition) is 2. The van der Waals surface area contributed by atoms with Crippen molar-refractivity contribution >= 4 is 11.0 Å². The topological polar surface area (TPSA) is 40.7 Å². The van der Waals surface area contributed by atoms with Gasteiger partial charge in [0.15, 0.2) is 0 Å². The van der Waals surface area contributed by atoms with Gasteiger partial charge in [-0.2, -0.15) is 0 Å². The first-order valence-electron chi connectivity index (χ1n) is 6.90. The zero-order valence-electron chi connectivity index (χ0n) is 11.4. The van der Waals surface area contributed by atoms with Gasteiger partial charge in [0.05, 0.1) is 11.0 Å². The number of imidazole rings is 1. The second-order valence-electron chi connectivity index (χ2n) is 5.24. The van der Waals surface area contributed by atoms with Crippen molar-refractivity contribution in [3.63, 3.8) is 0 Å². The van der Waals surface area contributed by atoms with Crippen LogP contribution in [-0.2, 0) is 6.42 Å². The molecule has 1 heterocycles. The first-order chi connectivity index (χ1) is 8.75. The van der Waals surface area contributed by atoms with Gasteiger partial charge in [0.2, 0.25) is 0 Å². The Hall–Kier alpha value is -1.35. The quantitative estimate of drug-likeness (QED) is 0.736. The van der Waals surface area contributed by atoms with Crippen molar-refractivity contribution in [3.05, 3.63) is 30.1 Å². The standard InChI is InChI=1S/C15H23N3/c1-12(2)9-11-16-10-5-8-15-17-13-6-3-4-7-14(13)18-15/h3-4,6-7,12,16H,5,8-11H2,1-2H3,(H,17,18). The monoisotopic (exact) mass is 245 g/mol. The number of rotatable bonds is 7. The van der Waals surface area contributed by atoms with Crippen LogP contribution in [0.2, 0.25) is 0 Å². The van der Waals surface area contributed by atoms with E-state index in [1.54, 1.807) is 0 Å². The van der Waals surface area contributed by atoms with E-state index in [9.17, 15) is 0 Å². The number of fused-ring (bicyclic) bond motifs is 1. The minimum absolute atomic E-state index is 0.785. The van der Waals surface area contributed by atoms with Crippen LogP contribution in [0.5, 0.6) is 0 Å². The summed E-state index contributed by atoms with van der Waals surface area (Å²) in [4.78, 5) is 7.94. The lowest BCUT2D eigenvalue weighted by Gasteiger charge is -2.05. The van der Waals surface area contributed by atoms with E-state index in [1.807, 2.05) is 12.1 Å². The van der Waals surface area contributed by atoms with Crippen LogP contribution < -0.4 is 5.32 Å². The molecule has 0 aliphatic rings. The molecule has 0 radical (unpaired) electrons. The smallest absolute Gasteiger partial charge is 0.107 e. The number of H-pyrrole nitrogens is 1. The molecule has 0 unspecified atom stereocenters. The minimum atomic E-state index is 0.785. The lowest BCUT2D eigenvalue weighted by molar-refractivity contribution is 0.531. The molecule has 1 aromatic carbocycles. The molecule has 0 saturated carbocycles. The average molecular weight is 245 g/mol. The van der Waals surface area contributed by atoms with E-state index in [-0.39, 0.29) is 0 Å². The fourth-order valence-corrected chi connectivity index (χ4v) is 2.02. The van der Waals surface area contributed by atoms with Crippen LogP contribution >= 0.6 is 0 Å². The summed E-state index contributed by atoms with van der Waals surface area (Å²) in [6.07, 6.45) is 3.41. The number of aryl methyl sites for hydroxylation is 1. The number of aromatic nitrogens is 2. The van der Waals surface area contributed by atoms with Crippen molar-refractivity contribution in [2.24, 2.45) is 5.92 Å². The van der Waals surface area contributed by atoms with E-state index < -0.39 is 0 Å². The van der Waals surface area contributed by atoms with Gasteiger partial charge in [0, 0.05) is 6.42 Å². The van der Waals surface area contributed by atoms with Crippen molar-refractivity contribution in [2.75, 3.05) is 13.1 Å². The van der Waals surface area contributed by atoms with Gasteiger partial charge in [-0.25, -0.2) is 4.98 Å². The van der Waals surface area contributed by atoms with Crippen molar-refractivity contribution in [2.45, 2.75) is 33.1 Å². The van der Waals surface area contributed by atoms with Crippen LogP contribution in [0, 0.1) is 5.92 Å². The fraction of sp³-hybridized carbons (Fsp3) is 0.533. The van der Waals surface area contributed by atoms with Gasteiger partial charge in [-0.05, 0) is 44.0 Å². The minimum Gasteiger partial charge on any atom is -0.342 e. The van der Waals surface area contributed by atoms with Gasteiger partial charge in [-0.3, -0.25) is 0 Å². The lowest BCUT2D eigenvalue weighted by Crippen LogP contribution is -2.18. The Morgan fingerprint density at radius 1 is 1.22 bits per heavy atom. The Kier molecular flexibility index (Phi) is 4.76. The second-order valence-corrected chi connectivity index (χ2v) is 5.24. The van der Waals surface area contributed by atoms with Gasteiger partial charge in [0.1, 0.15) is 5.82 Å². The van der Waals surface area contributed by atoms with Gasteiger partial charge < -0.3 is 10.3 Å². The summed E-state index contributed by atoms with van der Waals surface area (Å²) in [6.45, 7) is 6.72. The Morgan fingerprint density at radius 2 is 2.06 bits per heavy atom. The first kappa shape index (κ1) is 13.1. The Labute approximate surface area is 109 Å². The van der Waals surface area contributed by atoms with E-state index >= 15 is 0 Å². The molecule has 0 bridgehead atoms. The molecule has 3 heteroatoms. The average Bonchev–Trinajstić information content (AvgIpc) is 2.75. The molecule has 2 N–H and O–H groups in total. The molecule has 0 saturated heterocycles. The molecule has 2 rings (SSSR count). The number of nitrogens with zero attached hydrogens (tertiary/aromatic N) is 1. The van der Waals surface area contributed by atoms with Crippen molar-refractivity contribution in [1.82, 2.24) is 15.3 Å². The number of aromatic amines is 1. The predicted molar refractivity (Wildman–Crippen MR) is 76.7 cm³/mol. The van der Waals surface area contributed by atoms with Gasteiger partial charge in [-0.1, -0.05) is 26.0 Å². The summed E-state index contributed by atoms with van der Waals surface area (Å²) in [6, 6.07) is 8.20. The third-order valence-corrected chi connectivity index (χ3v) is 3.10. The predicted octanol–water partition coefficient (Wildman–Crippen LogP) is 3.13. The maximum atomic E-state index is 4.58. The van der Waals surface area contributed by atoms with Gasteiger partial charge in [0.25, 0.3) is 0 Å². The molecule has 0 amide bonds. The van der Waals surface area contributed by atoms with Crippen LogP contribution in [0.3, 0.4) is 0 Å². The van der Waals surface area contributed by atoms with E-state index in [4.69, 9.17) is 0 Å². The molecule has 98 valence electrons. The molecule has 0 spiro atoms. The maximum absolute atomic E-state index is 4.58. The number of hydrogen-bond acceptors (Lipinski definition) is 2. The van der Waals surface area contributed by atoms with Gasteiger partial charge >= 0.3 is 0 Å². The van der Waals surface area contributed by atoms with Crippen molar-refractivity contribution < 1.29 is 0 Å². The lowest BCUT2D eigenvalue weighted by atomic mass is 10.1. The SMILES string of the molecule is CC(C)CCNCCCc1nc2ccccc2[nH]1. The number of nitrogens with one attached hydrogen (secondary N) is 2. The van der Waals surface area contributed by atoms with Crippen LogP contribution in [0.25, 0.3) is 11.0 Å². The molecule has 3 nitrogen and oxygen atoms in total. The molecular formula is C15H23N3. The van der Waals surface area contributed by atoms with Crippen molar-refractivity contribution in [3.8, 4) is 0 Å². The van der Waals surface area contributed by atoms with Crippen LogP contribution in [-0.4, -0.2) is 23.1 Å². The molecule has 0 aliphatic carbocycles. The number of benzene rings is 1. The Bertz CT molecular complexity index is 440. The third-order valence-electron chi connectivity index (χ3n) is 3.10. The Balaban J connectivity index is 1.70. The molecule has 2 aromatic rings. The highest BCUT2D eigenvalue weighted by Crippen LogP contribution is 2.11. The van der Waals surface area contributed by atoms with Crippen LogP contribution in [0.15, 0.2) is 24.3 Å². The molecule has 1 aromatic heterocycles. The van der Waals surface area contributed by atoms with E-state index in [0.717, 1.165) is 48.7 Å². The zero-order valence-corrected chi connectivity index (χ0v) is 11.4. The van der Waals surface area contributed by atoms with Crippen LogP contribution in [0.4, 0.5) is 0 Å². The zero-order chi connectivity index (χ0) is 12.8. The normalized spacial score (nSPS) is 11.5. The molecule has 0 fully saturated rings. The molecular weight excluding hydrogens is 222 g/mol. The van der Waals surface area contributed by atoms with Gasteiger partial charge in [-0.15, -0.1) is 0 Å². The van der Waals surface area contributed by atoms with E-state index in [0.29, 0.717) is 0 Å². The summed E-state index contributed by atoms with van der Waals surface area (Å²) >= 11 is 0. The second kappa shape index (κ2) is 6.55. The largest absolute Gasteiger partial charge is 0.342 e. The highest BCUT2D eigenvalue weighted by atomic mass is 14.9. The fourth-order valence-electron chi connectivity index (χ4n) is 2.02. The summed E-state index contributed by atoms with van der Waals surface area (Å²) in [5, 5.41) is 3.48. The molecule has 18 heavy (non-hydrogen) atoms. The summed E-state index contributed by atoms with van der Waals surface area (Å²) in [7, 11) is 0. The first-order valence-corrected chi connectivity index (χ1v) is 6.90. The highest BCUT2D eigenvalue weighted by molar-refractivity contribution is 5.74. The van der Waals surface area contributed by atoms with E-state index in [1.165, 1.54) is 6.42 Å². The molecule has 0 atom stereocenters. The van der Waals surface area contributed by atoms with Crippen molar-refractivity contribution in [1.29, 1.82) is 0 Å². The summed E-state index contributed by atoms with van der Waals surface area (Å²) in [5.74, 6) is 1.88.